The summed E-state index contributed by atoms with van der Waals surface area (Å²) < 4.78 is 10.5. The minimum absolute atomic E-state index is 0.0750. The molecule has 58 heavy (non-hydrogen) atoms. The number of thioether (sulfide) groups is 1. The van der Waals surface area contributed by atoms with E-state index in [1.165, 1.54) is 16.7 Å². The van der Waals surface area contributed by atoms with Crippen LogP contribution in [0.5, 0.6) is 0 Å². The standard InChI is InChI=1S/C45H36N6O5S2/c1-2-29-28-57-42-36(41(53)51(42)37(29)43(54)55-38(30-18-8-3-9-19-30)31-20-10-4-11-21-31)47-40(52)35(39-48-44(46)58-50-39)49-56-45(32-22-12-5-13-23-32,33-24-14-6-15-25-33)34-26-16-7-17-27-34/h2-27,36,38,42H,1,28H2,(H,47,52)(H2,46,48,50)/b49-35-/t36-,42-/m1/s1. The van der Waals surface area contributed by atoms with E-state index in [-0.39, 0.29) is 22.4 Å². The van der Waals surface area contributed by atoms with Crippen molar-refractivity contribution >= 4 is 51.9 Å². The fourth-order valence-electron chi connectivity index (χ4n) is 7.05. The Balaban J connectivity index is 1.10. The number of oxime groups is 1. The summed E-state index contributed by atoms with van der Waals surface area (Å²) in [6.07, 6.45) is 0.817. The molecule has 1 aromatic heterocycles. The molecule has 0 aliphatic carbocycles. The zero-order chi connectivity index (χ0) is 40.1. The normalized spacial score (nSPS) is 16.6. The number of aromatic nitrogens is 2. The van der Waals surface area contributed by atoms with Gasteiger partial charge in [0.05, 0.1) is 0 Å². The molecule has 3 N–H and O–H groups in total. The molecule has 2 aliphatic rings. The Kier molecular flexibility index (Phi) is 11.0. The molecule has 288 valence electrons. The minimum atomic E-state index is -1.32. The van der Waals surface area contributed by atoms with E-state index in [2.05, 4.69) is 26.4 Å². The van der Waals surface area contributed by atoms with E-state index < -0.39 is 40.9 Å². The van der Waals surface area contributed by atoms with Gasteiger partial charge in [-0.25, -0.2) is 4.79 Å². The fraction of sp³-hybridized carbons (Fsp3) is 0.111. The number of esters is 1. The highest BCUT2D eigenvalue weighted by atomic mass is 32.2. The Morgan fingerprint density at radius 1 is 0.828 bits per heavy atom. The highest BCUT2D eigenvalue weighted by molar-refractivity contribution is 8.00. The lowest BCUT2D eigenvalue weighted by Gasteiger charge is -2.49. The maximum Gasteiger partial charge on any atom is 0.356 e. The molecule has 13 heteroatoms. The SMILES string of the molecule is C=CC1=C(C(=O)OC(c2ccccc2)c2ccccc2)N2C(=O)[C@@H](NC(=O)/C(=N\OC(c3ccccc3)(c3ccccc3)c3ccccc3)c3nsc(N)n3)[C@H]2SC1. The number of hydrogen-bond acceptors (Lipinski definition) is 11. The van der Waals surface area contributed by atoms with E-state index in [0.717, 1.165) is 39.3 Å². The average molecular weight is 805 g/mol. The van der Waals surface area contributed by atoms with Gasteiger partial charge in [-0.1, -0.05) is 169 Å². The van der Waals surface area contributed by atoms with Crippen LogP contribution in [0.15, 0.2) is 181 Å². The second-order valence-electron chi connectivity index (χ2n) is 13.3. The van der Waals surface area contributed by atoms with Crippen molar-refractivity contribution in [3.63, 3.8) is 0 Å². The average Bonchev–Trinajstić information content (AvgIpc) is 3.72. The zero-order valence-corrected chi connectivity index (χ0v) is 32.5. The van der Waals surface area contributed by atoms with Crippen molar-refractivity contribution in [2.45, 2.75) is 23.1 Å². The van der Waals surface area contributed by atoms with Crippen LogP contribution in [0, 0.1) is 0 Å². The maximum atomic E-state index is 14.4. The van der Waals surface area contributed by atoms with Crippen molar-refractivity contribution in [2.24, 2.45) is 5.16 Å². The molecule has 1 saturated heterocycles. The number of nitrogens with zero attached hydrogens (tertiary/aromatic N) is 4. The summed E-state index contributed by atoms with van der Waals surface area (Å²) in [6, 6.07) is 46.4. The lowest BCUT2D eigenvalue weighted by atomic mass is 9.80. The van der Waals surface area contributed by atoms with Gasteiger partial charge in [0.1, 0.15) is 17.1 Å². The van der Waals surface area contributed by atoms with E-state index >= 15 is 0 Å². The first kappa shape index (κ1) is 38.1. The molecule has 3 heterocycles. The summed E-state index contributed by atoms with van der Waals surface area (Å²) in [5.74, 6) is -1.69. The van der Waals surface area contributed by atoms with Gasteiger partial charge in [0.2, 0.25) is 17.1 Å². The van der Waals surface area contributed by atoms with Gasteiger partial charge >= 0.3 is 5.97 Å². The predicted molar refractivity (Wildman–Crippen MR) is 224 cm³/mol. The number of allylic oxidation sites excluding steroid dienone is 1. The second kappa shape index (κ2) is 16.7. The van der Waals surface area contributed by atoms with Crippen molar-refractivity contribution in [2.75, 3.05) is 11.5 Å². The highest BCUT2D eigenvalue weighted by Gasteiger charge is 2.55. The number of ether oxygens (including phenoxy) is 1. The topological polar surface area (TPSA) is 149 Å². The molecule has 6 aromatic rings. The number of fused-ring (bicyclic) bond motifs is 1. The van der Waals surface area contributed by atoms with Crippen molar-refractivity contribution in [3.05, 3.63) is 209 Å². The number of nitrogens with one attached hydrogen (secondary N) is 1. The lowest BCUT2D eigenvalue weighted by molar-refractivity contribution is -0.154. The number of β-lactam (4-membered cyclic amide) rings is 1. The number of nitrogen functional groups attached to an aromatic ring is 1. The number of carbonyl (C=O) groups excluding carboxylic acids is 3. The smallest absolute Gasteiger partial charge is 0.356 e. The molecule has 0 spiro atoms. The number of nitrogens with two attached hydrogens (primary N) is 1. The number of carbonyl (C=O) groups is 3. The third-order valence-electron chi connectivity index (χ3n) is 9.84. The largest absolute Gasteiger partial charge is 0.448 e. The number of rotatable bonds is 13. The molecule has 1 fully saturated rings. The van der Waals surface area contributed by atoms with Crippen LogP contribution < -0.4 is 11.1 Å². The van der Waals surface area contributed by atoms with Crippen molar-refractivity contribution < 1.29 is 24.0 Å². The first-order valence-electron chi connectivity index (χ1n) is 18.3. The molecule has 0 unspecified atom stereocenters. The van der Waals surface area contributed by atoms with E-state index in [4.69, 9.17) is 15.3 Å². The fourth-order valence-corrected chi connectivity index (χ4v) is 8.83. The Hall–Kier alpha value is -6.83. The molecule has 0 radical (unpaired) electrons. The van der Waals surface area contributed by atoms with Crippen LogP contribution in [0.25, 0.3) is 0 Å². The van der Waals surface area contributed by atoms with Gasteiger partial charge in [0.25, 0.3) is 11.8 Å². The quantitative estimate of drug-likeness (QED) is 0.0414. The highest BCUT2D eigenvalue weighted by Crippen LogP contribution is 2.43. The van der Waals surface area contributed by atoms with Gasteiger partial charge in [0.15, 0.2) is 11.2 Å². The summed E-state index contributed by atoms with van der Waals surface area (Å²) in [6.45, 7) is 3.91. The maximum absolute atomic E-state index is 14.4. The van der Waals surface area contributed by atoms with E-state index in [0.29, 0.717) is 11.3 Å². The van der Waals surface area contributed by atoms with Crippen LogP contribution in [0.2, 0.25) is 0 Å². The predicted octanol–water partition coefficient (Wildman–Crippen LogP) is 7.01. The molecule has 0 bridgehead atoms. The molecule has 2 aliphatic heterocycles. The van der Waals surface area contributed by atoms with Crippen LogP contribution in [-0.2, 0) is 29.6 Å². The van der Waals surface area contributed by atoms with E-state index in [9.17, 15) is 14.4 Å². The third kappa shape index (κ3) is 7.28. The van der Waals surface area contributed by atoms with Crippen molar-refractivity contribution in [1.82, 2.24) is 19.6 Å². The summed E-state index contributed by atoms with van der Waals surface area (Å²) in [7, 11) is 0. The Labute approximate surface area is 343 Å². The molecular formula is C45H36N6O5S2. The monoisotopic (exact) mass is 804 g/mol. The Morgan fingerprint density at radius 3 is 1.79 bits per heavy atom. The lowest BCUT2D eigenvalue weighted by Crippen LogP contribution is -2.71. The van der Waals surface area contributed by atoms with Gasteiger partial charge in [-0.15, -0.1) is 11.8 Å². The summed E-state index contributed by atoms with van der Waals surface area (Å²) in [4.78, 5) is 54.8. The number of hydrogen-bond donors (Lipinski definition) is 2. The first-order valence-corrected chi connectivity index (χ1v) is 20.2. The molecule has 2 atom stereocenters. The van der Waals surface area contributed by atoms with E-state index in [1.807, 2.05) is 152 Å². The molecule has 11 nitrogen and oxygen atoms in total. The summed E-state index contributed by atoms with van der Waals surface area (Å²) in [5, 5.41) is 6.82. The van der Waals surface area contributed by atoms with Crippen molar-refractivity contribution in [1.29, 1.82) is 0 Å². The number of anilines is 1. The molecule has 0 saturated carbocycles. The van der Waals surface area contributed by atoms with E-state index in [1.54, 1.807) is 6.08 Å². The van der Waals surface area contributed by atoms with Crippen LogP contribution in [0.3, 0.4) is 0 Å². The zero-order valence-electron chi connectivity index (χ0n) is 30.9. The van der Waals surface area contributed by atoms with Gasteiger partial charge in [0, 0.05) is 34.0 Å². The van der Waals surface area contributed by atoms with Crippen LogP contribution in [0.4, 0.5) is 5.13 Å². The van der Waals surface area contributed by atoms with Gasteiger partial charge < -0.3 is 20.6 Å². The molecular weight excluding hydrogens is 769 g/mol. The van der Waals surface area contributed by atoms with Crippen LogP contribution in [0.1, 0.15) is 39.7 Å². The third-order valence-corrected chi connectivity index (χ3v) is 11.7. The number of amides is 2. The first-order chi connectivity index (χ1) is 28.4. The van der Waals surface area contributed by atoms with Gasteiger partial charge in [-0.2, -0.15) is 9.36 Å². The Bertz CT molecular complexity index is 2360. The minimum Gasteiger partial charge on any atom is -0.448 e. The summed E-state index contributed by atoms with van der Waals surface area (Å²) in [5.41, 5.74) is 8.78. The number of benzene rings is 5. The van der Waals surface area contributed by atoms with Crippen LogP contribution in [-0.4, -0.2) is 54.9 Å². The second-order valence-corrected chi connectivity index (χ2v) is 15.2. The van der Waals surface area contributed by atoms with Gasteiger partial charge in [-0.05, 0) is 16.7 Å². The van der Waals surface area contributed by atoms with Crippen LogP contribution >= 0.6 is 23.3 Å². The summed E-state index contributed by atoms with van der Waals surface area (Å²) >= 11 is 2.28. The van der Waals surface area contributed by atoms with Crippen molar-refractivity contribution in [3.8, 4) is 0 Å². The Morgan fingerprint density at radius 2 is 1.33 bits per heavy atom. The molecule has 2 amide bonds. The van der Waals surface area contributed by atoms with Gasteiger partial charge in [-0.3, -0.25) is 14.5 Å². The molecule has 8 rings (SSSR count). The molecule has 5 aromatic carbocycles.